The van der Waals surface area contributed by atoms with Crippen molar-refractivity contribution in [1.29, 1.82) is 0 Å². The average Bonchev–Trinajstić information content (AvgIpc) is 2.94. The van der Waals surface area contributed by atoms with Crippen molar-refractivity contribution in [1.82, 2.24) is 0 Å². The number of quaternary nitrogens is 1. The molecule has 252 valence electrons. The Hall–Kier alpha value is -0.460. The summed E-state index contributed by atoms with van der Waals surface area (Å²) < 4.78 is 23.3. The van der Waals surface area contributed by atoms with E-state index in [4.69, 9.17) is 9.26 Å². The van der Waals surface area contributed by atoms with Gasteiger partial charge in [-0.05, 0) is 32.1 Å². The van der Waals surface area contributed by atoms with Gasteiger partial charge in [0.25, 0.3) is 7.82 Å². The van der Waals surface area contributed by atoms with Crippen LogP contribution in [0.25, 0.3) is 0 Å². The predicted molar refractivity (Wildman–Crippen MR) is 174 cm³/mol. The Bertz CT molecular complexity index is 649. The number of phosphoric ester groups is 1. The van der Waals surface area contributed by atoms with Gasteiger partial charge in [-0.25, -0.2) is 0 Å². The summed E-state index contributed by atoms with van der Waals surface area (Å²) in [6.07, 6.45) is 25.5. The van der Waals surface area contributed by atoms with Crippen molar-refractivity contribution in [2.45, 2.75) is 188 Å². The molecule has 0 saturated carbocycles. The fourth-order valence-corrected chi connectivity index (χ4v) is 6.62. The molecular formula is C34H70NO6P. The molecular weight excluding hydrogens is 549 g/mol. The zero-order chi connectivity index (χ0) is 31.5. The van der Waals surface area contributed by atoms with E-state index in [9.17, 15) is 19.1 Å². The lowest BCUT2D eigenvalue weighted by atomic mass is 9.97. The first-order valence-electron chi connectivity index (χ1n) is 17.8. The quantitative estimate of drug-likeness (QED) is 0.0360. The molecule has 1 N–H and O–H groups in total. The van der Waals surface area contributed by atoms with E-state index < -0.39 is 7.82 Å². The van der Waals surface area contributed by atoms with Gasteiger partial charge in [-0.1, -0.05) is 130 Å². The monoisotopic (exact) mass is 619 g/mol. The van der Waals surface area contributed by atoms with Crippen molar-refractivity contribution in [3.05, 3.63) is 0 Å². The topological polar surface area (TPSA) is 95.9 Å². The van der Waals surface area contributed by atoms with E-state index in [0.717, 1.165) is 81.9 Å². The Morgan fingerprint density at radius 3 is 1.43 bits per heavy atom. The number of hydrogen-bond donors (Lipinski definition) is 1. The van der Waals surface area contributed by atoms with Crippen LogP contribution in [0.4, 0.5) is 0 Å². The lowest BCUT2D eigenvalue weighted by molar-refractivity contribution is -0.952. The molecule has 3 unspecified atom stereocenters. The molecule has 0 aromatic carbocycles. The minimum absolute atomic E-state index is 0.0784. The number of carbonyl (C=O) groups is 1. The van der Waals surface area contributed by atoms with Crippen molar-refractivity contribution in [3.63, 3.8) is 0 Å². The summed E-state index contributed by atoms with van der Waals surface area (Å²) in [5, 5.41) is 0. The number of unbranched alkanes of at least 4 members (excludes halogenated alkanes) is 16. The van der Waals surface area contributed by atoms with E-state index in [1.54, 1.807) is 0 Å². The number of hydrogen-bond acceptors (Lipinski definition) is 5. The number of phosphoric acid groups is 1. The van der Waals surface area contributed by atoms with E-state index in [2.05, 4.69) is 27.7 Å². The third-order valence-electron chi connectivity index (χ3n) is 8.82. The number of ether oxygens (including phenoxy) is 1. The summed E-state index contributed by atoms with van der Waals surface area (Å²) in [5.74, 6) is -0.296. The number of esters is 1. The zero-order valence-corrected chi connectivity index (χ0v) is 29.3. The standard InChI is InChI=1S/C34H70NO6P/c1-6-10-14-15-16-17-18-19-20-21-22-23-24-25-26-34(41-32(5)36)30-33(31-40-42(37,38)39)35(27-11-7-2,28-12-8-3)29-13-9-4/h33-34H,6-31H2,1-5H3,(H-,37,38,39). The Balaban J connectivity index is 5.06. The Labute approximate surface area is 260 Å². The number of rotatable bonds is 31. The van der Waals surface area contributed by atoms with Crippen molar-refractivity contribution in [3.8, 4) is 0 Å². The maximum Gasteiger partial charge on any atom is 0.302 e. The van der Waals surface area contributed by atoms with Crippen LogP contribution in [-0.4, -0.2) is 53.7 Å². The molecule has 0 heterocycles. The normalized spacial score (nSPS) is 14.9. The Morgan fingerprint density at radius 2 is 1.07 bits per heavy atom. The van der Waals surface area contributed by atoms with E-state index >= 15 is 0 Å². The van der Waals surface area contributed by atoms with Crippen molar-refractivity contribution >= 4 is 13.8 Å². The molecule has 0 rings (SSSR count). The SMILES string of the molecule is CCCCCCCCCCCCCCCCC(CC(COP(=O)([O-])O)[N+](CCCC)(CCCC)CCCC)OC(C)=O. The molecule has 0 aromatic heterocycles. The lowest BCUT2D eigenvalue weighted by Gasteiger charge is -2.46. The van der Waals surface area contributed by atoms with E-state index in [-0.39, 0.29) is 24.7 Å². The van der Waals surface area contributed by atoms with Gasteiger partial charge in [-0.2, -0.15) is 0 Å². The average molecular weight is 620 g/mol. The van der Waals surface area contributed by atoms with Crippen LogP contribution in [0.3, 0.4) is 0 Å². The summed E-state index contributed by atoms with van der Waals surface area (Å²) in [4.78, 5) is 33.2. The van der Waals surface area contributed by atoms with Crippen LogP contribution in [-0.2, 0) is 18.6 Å². The highest BCUT2D eigenvalue weighted by molar-refractivity contribution is 7.44. The van der Waals surface area contributed by atoms with Crippen LogP contribution < -0.4 is 4.89 Å². The Kier molecular flexibility index (Phi) is 26.6. The second-order valence-electron chi connectivity index (χ2n) is 12.7. The third-order valence-corrected chi connectivity index (χ3v) is 9.30. The number of carbonyl (C=O) groups excluding carboxylic acids is 1. The second-order valence-corrected chi connectivity index (χ2v) is 13.9. The zero-order valence-electron chi connectivity index (χ0n) is 28.4. The van der Waals surface area contributed by atoms with Crippen molar-refractivity contribution in [2.24, 2.45) is 0 Å². The van der Waals surface area contributed by atoms with E-state index in [1.807, 2.05) is 0 Å². The van der Waals surface area contributed by atoms with Gasteiger partial charge in [-0.3, -0.25) is 9.36 Å². The van der Waals surface area contributed by atoms with Crippen LogP contribution in [0.1, 0.15) is 176 Å². The van der Waals surface area contributed by atoms with Crippen molar-refractivity contribution < 1.29 is 32.9 Å². The molecule has 0 bridgehead atoms. The molecule has 0 fully saturated rings. The van der Waals surface area contributed by atoms with Gasteiger partial charge in [-0.15, -0.1) is 0 Å². The molecule has 0 aliphatic heterocycles. The first kappa shape index (κ1) is 41.5. The summed E-state index contributed by atoms with van der Waals surface area (Å²) in [6, 6.07) is -0.167. The Morgan fingerprint density at radius 1 is 0.690 bits per heavy atom. The summed E-state index contributed by atoms with van der Waals surface area (Å²) in [5.41, 5.74) is 0. The maximum absolute atomic E-state index is 12.1. The largest absolute Gasteiger partial charge is 0.756 e. The van der Waals surface area contributed by atoms with Gasteiger partial charge in [0.15, 0.2) is 0 Å². The molecule has 42 heavy (non-hydrogen) atoms. The summed E-state index contributed by atoms with van der Waals surface area (Å²) in [6.45, 7) is 13.0. The van der Waals surface area contributed by atoms with Crippen LogP contribution in [0.5, 0.6) is 0 Å². The molecule has 7 nitrogen and oxygen atoms in total. The molecule has 0 aliphatic carbocycles. The molecule has 0 aromatic rings. The molecule has 0 spiro atoms. The smallest absolute Gasteiger partial charge is 0.302 e. The first-order chi connectivity index (χ1) is 20.1. The van der Waals surface area contributed by atoms with Crippen molar-refractivity contribution in [2.75, 3.05) is 26.2 Å². The van der Waals surface area contributed by atoms with Crippen LogP contribution >= 0.6 is 7.82 Å². The molecule has 8 heteroatoms. The van der Waals surface area contributed by atoms with Gasteiger partial charge in [0.05, 0.1) is 19.6 Å². The maximum atomic E-state index is 12.1. The highest BCUT2D eigenvalue weighted by Crippen LogP contribution is 2.34. The number of nitrogens with zero attached hydrogens (tertiary/aromatic N) is 1. The van der Waals surface area contributed by atoms with Gasteiger partial charge in [0.1, 0.15) is 18.8 Å². The molecule has 0 aliphatic rings. The molecule has 0 saturated heterocycles. The van der Waals surface area contributed by atoms with Gasteiger partial charge in [0, 0.05) is 13.3 Å². The molecule has 3 atom stereocenters. The predicted octanol–water partition coefficient (Wildman–Crippen LogP) is 9.24. The van der Waals surface area contributed by atoms with Gasteiger partial charge >= 0.3 is 5.97 Å². The molecule has 0 amide bonds. The van der Waals surface area contributed by atoms with Crippen LogP contribution in [0, 0.1) is 0 Å². The fourth-order valence-electron chi connectivity index (χ4n) is 6.26. The third kappa shape index (κ3) is 23.0. The highest BCUT2D eigenvalue weighted by atomic mass is 31.2. The minimum Gasteiger partial charge on any atom is -0.756 e. The fraction of sp³-hybridized carbons (Fsp3) is 0.971. The second kappa shape index (κ2) is 26.9. The first-order valence-corrected chi connectivity index (χ1v) is 19.3. The van der Waals surface area contributed by atoms with Crippen LogP contribution in [0.2, 0.25) is 0 Å². The van der Waals surface area contributed by atoms with Crippen LogP contribution in [0.15, 0.2) is 0 Å². The summed E-state index contributed by atoms with van der Waals surface area (Å²) in [7, 11) is -4.86. The molecule has 0 radical (unpaired) electrons. The highest BCUT2D eigenvalue weighted by Gasteiger charge is 2.38. The lowest BCUT2D eigenvalue weighted by Crippen LogP contribution is -2.59. The summed E-state index contributed by atoms with van der Waals surface area (Å²) >= 11 is 0. The van der Waals surface area contributed by atoms with Gasteiger partial charge in [0.2, 0.25) is 0 Å². The van der Waals surface area contributed by atoms with Gasteiger partial charge < -0.3 is 23.5 Å². The minimum atomic E-state index is -4.86. The van der Waals surface area contributed by atoms with E-state index in [1.165, 1.54) is 84.0 Å². The van der Waals surface area contributed by atoms with E-state index in [0.29, 0.717) is 6.42 Å².